The second kappa shape index (κ2) is 9.22. The number of aryl methyl sites for hydroxylation is 1. The van der Waals surface area contributed by atoms with E-state index in [0.717, 1.165) is 0 Å². The van der Waals surface area contributed by atoms with Crippen molar-refractivity contribution in [1.82, 2.24) is 9.62 Å². The molecule has 0 aliphatic rings. The van der Waals surface area contributed by atoms with Crippen molar-refractivity contribution in [3.63, 3.8) is 0 Å². The summed E-state index contributed by atoms with van der Waals surface area (Å²) in [6, 6.07) is 4.53. The fraction of sp³-hybridized carbons (Fsp3) is 0.533. The van der Waals surface area contributed by atoms with Gasteiger partial charge in [0.25, 0.3) is 0 Å². The van der Waals surface area contributed by atoms with Crippen LogP contribution in [0.5, 0.6) is 0 Å². The lowest BCUT2D eigenvalue weighted by molar-refractivity contribution is -0.128. The van der Waals surface area contributed by atoms with E-state index >= 15 is 0 Å². The Balaban J connectivity index is 2.60. The zero-order valence-corrected chi connectivity index (χ0v) is 15.2. The Kier molecular flexibility index (Phi) is 7.98. The maximum atomic E-state index is 12.2. The number of ether oxygens (including phenoxy) is 1. The Hall–Kier alpha value is -1.15. The minimum Gasteiger partial charge on any atom is -0.385 e. The van der Waals surface area contributed by atoms with Crippen molar-refractivity contribution < 1.29 is 17.9 Å². The number of rotatable bonds is 9. The molecule has 0 heterocycles. The van der Waals surface area contributed by atoms with Gasteiger partial charge in [-0.05, 0) is 37.1 Å². The normalized spacial score (nSPS) is 11.5. The highest BCUT2D eigenvalue weighted by atomic mass is 35.5. The predicted octanol–water partition coefficient (Wildman–Crippen LogP) is 1.81. The number of halogens is 1. The van der Waals surface area contributed by atoms with E-state index in [0.29, 0.717) is 36.7 Å². The summed E-state index contributed by atoms with van der Waals surface area (Å²) in [5, 5.41) is 0.518. The molecule has 8 heteroatoms. The second-order valence-electron chi connectivity index (χ2n) is 5.16. The Morgan fingerprint density at radius 1 is 1.35 bits per heavy atom. The highest BCUT2D eigenvalue weighted by molar-refractivity contribution is 7.89. The fourth-order valence-electron chi connectivity index (χ4n) is 2.01. The molecular weight excluding hydrogens is 340 g/mol. The lowest BCUT2D eigenvalue weighted by Gasteiger charge is -2.21. The third-order valence-corrected chi connectivity index (χ3v) is 5.22. The minimum atomic E-state index is -3.62. The van der Waals surface area contributed by atoms with Crippen molar-refractivity contribution in [2.75, 3.05) is 33.4 Å². The molecule has 0 atom stereocenters. The van der Waals surface area contributed by atoms with Gasteiger partial charge in [0.15, 0.2) is 0 Å². The maximum absolute atomic E-state index is 12.2. The Morgan fingerprint density at radius 2 is 2.04 bits per heavy atom. The quantitative estimate of drug-likeness (QED) is 0.680. The summed E-state index contributed by atoms with van der Waals surface area (Å²) in [7, 11) is -2.02. The first-order valence-corrected chi connectivity index (χ1v) is 9.14. The average Bonchev–Trinajstić information content (AvgIpc) is 2.48. The molecule has 130 valence electrons. The van der Waals surface area contributed by atoms with Crippen molar-refractivity contribution in [2.24, 2.45) is 0 Å². The van der Waals surface area contributed by atoms with Crippen LogP contribution in [0.3, 0.4) is 0 Å². The minimum absolute atomic E-state index is 0.0948. The van der Waals surface area contributed by atoms with Gasteiger partial charge in [-0.2, -0.15) is 0 Å². The molecule has 1 aromatic carbocycles. The molecule has 0 bridgehead atoms. The van der Waals surface area contributed by atoms with E-state index in [9.17, 15) is 13.2 Å². The van der Waals surface area contributed by atoms with Gasteiger partial charge in [-0.25, -0.2) is 13.1 Å². The molecular formula is C15H23ClN2O4S. The molecule has 1 aromatic rings. The van der Waals surface area contributed by atoms with Crippen LogP contribution < -0.4 is 4.72 Å². The average molecular weight is 363 g/mol. The van der Waals surface area contributed by atoms with E-state index < -0.39 is 10.0 Å². The molecule has 0 saturated carbocycles. The van der Waals surface area contributed by atoms with Crippen LogP contribution in [-0.2, 0) is 19.6 Å². The van der Waals surface area contributed by atoms with E-state index in [4.69, 9.17) is 16.3 Å². The number of nitrogens with zero attached hydrogens (tertiary/aromatic N) is 1. The Labute approximate surface area is 142 Å². The van der Waals surface area contributed by atoms with Gasteiger partial charge in [-0.1, -0.05) is 11.6 Å². The van der Waals surface area contributed by atoms with Crippen LogP contribution in [0.25, 0.3) is 0 Å². The zero-order chi connectivity index (χ0) is 17.5. The molecule has 0 saturated heterocycles. The van der Waals surface area contributed by atoms with E-state index in [1.165, 1.54) is 19.1 Å². The van der Waals surface area contributed by atoms with Gasteiger partial charge in [0, 0.05) is 45.3 Å². The van der Waals surface area contributed by atoms with Gasteiger partial charge in [0.05, 0.1) is 4.90 Å². The van der Waals surface area contributed by atoms with E-state index in [2.05, 4.69) is 4.72 Å². The van der Waals surface area contributed by atoms with Gasteiger partial charge < -0.3 is 9.64 Å². The number of benzene rings is 1. The molecule has 1 rings (SSSR count). The number of hydrogen-bond acceptors (Lipinski definition) is 4. The van der Waals surface area contributed by atoms with E-state index in [1.54, 1.807) is 25.0 Å². The fourth-order valence-corrected chi connectivity index (χ4v) is 3.23. The summed E-state index contributed by atoms with van der Waals surface area (Å²) in [6.07, 6.45) is 0.708. The smallest absolute Gasteiger partial charge is 0.240 e. The highest BCUT2D eigenvalue weighted by Crippen LogP contribution is 2.19. The van der Waals surface area contributed by atoms with Crippen molar-refractivity contribution in [3.8, 4) is 0 Å². The largest absolute Gasteiger partial charge is 0.385 e. The van der Waals surface area contributed by atoms with Crippen LogP contribution in [0.2, 0.25) is 5.02 Å². The number of methoxy groups -OCH3 is 1. The molecule has 1 amide bonds. The first-order chi connectivity index (χ1) is 10.8. The van der Waals surface area contributed by atoms with Crippen molar-refractivity contribution >= 4 is 27.5 Å². The number of nitrogens with one attached hydrogen (secondary N) is 1. The molecule has 1 N–H and O–H groups in total. The summed E-state index contributed by atoms with van der Waals surface area (Å²) in [5.74, 6) is -0.0948. The van der Waals surface area contributed by atoms with E-state index in [-0.39, 0.29) is 17.3 Å². The molecule has 0 fully saturated rings. The molecule has 0 aliphatic carbocycles. The number of carbonyl (C=O) groups is 1. The predicted molar refractivity (Wildman–Crippen MR) is 90.1 cm³/mol. The number of amides is 1. The van der Waals surface area contributed by atoms with Gasteiger partial charge in [-0.3, -0.25) is 4.79 Å². The lowest BCUT2D eigenvalue weighted by atomic mass is 10.2. The van der Waals surface area contributed by atoms with Crippen LogP contribution in [0.15, 0.2) is 23.1 Å². The summed E-state index contributed by atoms with van der Waals surface area (Å²) in [4.78, 5) is 13.3. The molecule has 0 spiro atoms. The topological polar surface area (TPSA) is 75.7 Å². The Morgan fingerprint density at radius 3 is 2.61 bits per heavy atom. The molecule has 6 nitrogen and oxygen atoms in total. The van der Waals surface area contributed by atoms with Gasteiger partial charge in [-0.15, -0.1) is 0 Å². The van der Waals surface area contributed by atoms with Gasteiger partial charge in [0.1, 0.15) is 0 Å². The van der Waals surface area contributed by atoms with Crippen molar-refractivity contribution in [2.45, 2.75) is 25.2 Å². The number of carbonyl (C=O) groups excluding carboxylic acids is 1. The zero-order valence-electron chi connectivity index (χ0n) is 13.6. The van der Waals surface area contributed by atoms with Crippen LogP contribution >= 0.6 is 11.6 Å². The summed E-state index contributed by atoms with van der Waals surface area (Å²) < 4.78 is 31.9. The lowest BCUT2D eigenvalue weighted by Crippen LogP contribution is -2.38. The first-order valence-electron chi connectivity index (χ1n) is 7.28. The molecule has 0 aromatic heterocycles. The maximum Gasteiger partial charge on any atom is 0.240 e. The first kappa shape index (κ1) is 19.9. The van der Waals surface area contributed by atoms with E-state index in [1.807, 2.05) is 0 Å². The highest BCUT2D eigenvalue weighted by Gasteiger charge is 2.16. The van der Waals surface area contributed by atoms with Crippen LogP contribution in [0.1, 0.15) is 18.9 Å². The molecule has 23 heavy (non-hydrogen) atoms. The monoisotopic (exact) mass is 362 g/mol. The number of sulfonamides is 1. The summed E-state index contributed by atoms with van der Waals surface area (Å²) in [6.45, 7) is 4.75. The summed E-state index contributed by atoms with van der Waals surface area (Å²) >= 11 is 5.90. The van der Waals surface area contributed by atoms with Crippen LogP contribution in [0, 0.1) is 6.92 Å². The van der Waals surface area contributed by atoms with Crippen molar-refractivity contribution in [1.29, 1.82) is 0 Å². The number of hydrogen-bond donors (Lipinski definition) is 1. The Bertz CT molecular complexity index is 634. The third kappa shape index (κ3) is 6.47. The molecule has 0 unspecified atom stereocenters. The molecule has 0 aliphatic heterocycles. The third-order valence-electron chi connectivity index (χ3n) is 3.34. The SMILES string of the molecule is COCCCN(CCNS(=O)(=O)c1ccc(Cl)c(C)c1)C(C)=O. The van der Waals surface area contributed by atoms with Gasteiger partial charge >= 0.3 is 0 Å². The van der Waals surface area contributed by atoms with Crippen LogP contribution in [0.4, 0.5) is 0 Å². The van der Waals surface area contributed by atoms with Gasteiger partial charge in [0.2, 0.25) is 15.9 Å². The molecule has 0 radical (unpaired) electrons. The summed E-state index contributed by atoms with van der Waals surface area (Å²) in [5.41, 5.74) is 0.694. The second-order valence-corrected chi connectivity index (χ2v) is 7.34. The van der Waals surface area contributed by atoms with Crippen LogP contribution in [-0.4, -0.2) is 52.6 Å². The van der Waals surface area contributed by atoms with Crippen molar-refractivity contribution in [3.05, 3.63) is 28.8 Å². The standard InChI is InChI=1S/C15H23ClN2O4S/c1-12-11-14(5-6-15(12)16)23(20,21)17-7-9-18(13(2)19)8-4-10-22-3/h5-6,11,17H,4,7-10H2,1-3H3.